The summed E-state index contributed by atoms with van der Waals surface area (Å²) in [7, 11) is 0. The van der Waals surface area contributed by atoms with Gasteiger partial charge in [0.1, 0.15) is 0 Å². The van der Waals surface area contributed by atoms with Gasteiger partial charge in [-0.2, -0.15) is 0 Å². The third-order valence-corrected chi connectivity index (χ3v) is 4.35. The van der Waals surface area contributed by atoms with Crippen molar-refractivity contribution in [3.8, 4) is 0 Å². The topological polar surface area (TPSA) is 67.9 Å². The van der Waals surface area contributed by atoms with Crippen LogP contribution in [0.3, 0.4) is 0 Å². The Bertz CT molecular complexity index is 541. The van der Waals surface area contributed by atoms with E-state index in [2.05, 4.69) is 5.43 Å². The molecular weight excluding hydrogens is 308 g/mol. The predicted octanol–water partition coefficient (Wildman–Crippen LogP) is 3.97. The van der Waals surface area contributed by atoms with Crippen LogP contribution in [0.4, 0.5) is 9.59 Å². The van der Waals surface area contributed by atoms with Gasteiger partial charge < -0.3 is 9.47 Å². The van der Waals surface area contributed by atoms with E-state index in [9.17, 15) is 9.59 Å². The number of carbonyl (C=O) groups excluding carboxylic acids is 2. The van der Waals surface area contributed by atoms with Crippen molar-refractivity contribution in [3.05, 3.63) is 35.9 Å². The molecule has 6 nitrogen and oxygen atoms in total. The molecule has 0 atom stereocenters. The number of nitrogens with one attached hydrogen (secondary N) is 1. The second kappa shape index (κ2) is 8.57. The van der Waals surface area contributed by atoms with Crippen molar-refractivity contribution >= 4 is 12.2 Å². The number of hydrogen-bond acceptors (Lipinski definition) is 4. The summed E-state index contributed by atoms with van der Waals surface area (Å²) in [5.74, 6) is 0. The van der Waals surface area contributed by atoms with Crippen LogP contribution >= 0.6 is 0 Å². The van der Waals surface area contributed by atoms with Crippen LogP contribution in [-0.2, 0) is 15.0 Å². The molecule has 2 rings (SSSR count). The van der Waals surface area contributed by atoms with Gasteiger partial charge in [0, 0.05) is 0 Å². The fraction of sp³-hybridized carbons (Fsp3) is 0.556. The van der Waals surface area contributed by atoms with Gasteiger partial charge in [-0.15, -0.1) is 0 Å². The smallest absolute Gasteiger partial charge is 0.429 e. The third-order valence-electron chi connectivity index (χ3n) is 4.35. The summed E-state index contributed by atoms with van der Waals surface area (Å²) in [6, 6.07) is 9.81. The Morgan fingerprint density at radius 2 is 1.67 bits per heavy atom. The van der Waals surface area contributed by atoms with Crippen LogP contribution in [0.25, 0.3) is 0 Å². The maximum atomic E-state index is 12.6. The molecule has 1 fully saturated rings. The van der Waals surface area contributed by atoms with Crippen LogP contribution in [0.5, 0.6) is 0 Å². The zero-order valence-corrected chi connectivity index (χ0v) is 14.4. The number of hydrogen-bond donors (Lipinski definition) is 1. The molecule has 0 saturated heterocycles. The Kier molecular flexibility index (Phi) is 6.46. The number of nitrogens with zero attached hydrogens (tertiary/aromatic N) is 1. The van der Waals surface area contributed by atoms with Gasteiger partial charge >= 0.3 is 12.2 Å². The molecule has 1 N–H and O–H groups in total. The molecule has 0 aliphatic heterocycles. The summed E-state index contributed by atoms with van der Waals surface area (Å²) in [6.45, 7) is 3.95. The van der Waals surface area contributed by atoms with Crippen molar-refractivity contribution in [1.29, 1.82) is 0 Å². The highest BCUT2D eigenvalue weighted by atomic mass is 16.6. The van der Waals surface area contributed by atoms with Crippen LogP contribution in [0, 0.1) is 0 Å². The van der Waals surface area contributed by atoms with Gasteiger partial charge in [0.25, 0.3) is 0 Å². The summed E-state index contributed by atoms with van der Waals surface area (Å²) in [6.07, 6.45) is 3.41. The average Bonchev–Trinajstić information content (AvgIpc) is 2.61. The van der Waals surface area contributed by atoms with Crippen LogP contribution in [0.15, 0.2) is 30.3 Å². The molecule has 0 aromatic heterocycles. The second-order valence-electron chi connectivity index (χ2n) is 5.82. The fourth-order valence-electron chi connectivity index (χ4n) is 3.30. The molecule has 6 heteroatoms. The standard InChI is InChI=1S/C18H26N2O4/c1-3-23-16(21)19-20(17(22)24-4-2)18(13-9-6-10-14-18)15-11-7-5-8-12-15/h5,7-8,11-12H,3-4,6,9-10,13-14H2,1-2H3,(H,19,21). The molecule has 24 heavy (non-hydrogen) atoms. The van der Waals surface area contributed by atoms with Crippen molar-refractivity contribution < 1.29 is 19.1 Å². The second-order valence-corrected chi connectivity index (χ2v) is 5.82. The lowest BCUT2D eigenvalue weighted by Crippen LogP contribution is -2.59. The Hall–Kier alpha value is -2.24. The highest BCUT2D eigenvalue weighted by Gasteiger charge is 2.44. The van der Waals surface area contributed by atoms with E-state index in [1.54, 1.807) is 13.8 Å². The summed E-state index contributed by atoms with van der Waals surface area (Å²) >= 11 is 0. The monoisotopic (exact) mass is 334 g/mol. The Morgan fingerprint density at radius 3 is 2.25 bits per heavy atom. The van der Waals surface area contributed by atoms with E-state index in [0.29, 0.717) is 0 Å². The number of ether oxygens (including phenoxy) is 2. The molecule has 1 aliphatic rings. The number of carbonyl (C=O) groups is 2. The molecule has 0 radical (unpaired) electrons. The van der Waals surface area contributed by atoms with Gasteiger partial charge in [-0.25, -0.2) is 20.0 Å². The van der Waals surface area contributed by atoms with E-state index in [-0.39, 0.29) is 13.2 Å². The van der Waals surface area contributed by atoms with Crippen molar-refractivity contribution in [2.45, 2.75) is 51.5 Å². The SMILES string of the molecule is CCOC(=O)NN(C(=O)OCC)C1(c2ccccc2)CCCCC1. The van der Waals surface area contributed by atoms with E-state index in [1.807, 2.05) is 30.3 Å². The van der Waals surface area contributed by atoms with Crippen molar-refractivity contribution in [3.63, 3.8) is 0 Å². The maximum absolute atomic E-state index is 12.6. The Balaban J connectivity index is 2.39. The van der Waals surface area contributed by atoms with Gasteiger partial charge in [0.05, 0.1) is 18.8 Å². The molecule has 2 amide bonds. The molecule has 1 aliphatic carbocycles. The summed E-state index contributed by atoms with van der Waals surface area (Å²) in [5, 5.41) is 1.34. The van der Waals surface area contributed by atoms with Crippen molar-refractivity contribution in [2.24, 2.45) is 0 Å². The molecule has 1 aromatic carbocycles. The minimum Gasteiger partial charge on any atom is -0.449 e. The van der Waals surface area contributed by atoms with E-state index >= 15 is 0 Å². The van der Waals surface area contributed by atoms with Gasteiger partial charge in [-0.1, -0.05) is 49.6 Å². The highest BCUT2D eigenvalue weighted by molar-refractivity contribution is 5.75. The molecule has 1 saturated carbocycles. The lowest BCUT2D eigenvalue weighted by molar-refractivity contribution is -0.00412. The molecule has 0 unspecified atom stereocenters. The first-order chi connectivity index (χ1) is 11.6. The number of amides is 2. The Morgan fingerprint density at radius 1 is 1.04 bits per heavy atom. The fourth-order valence-corrected chi connectivity index (χ4v) is 3.30. The number of hydrazine groups is 1. The molecule has 1 aromatic rings. The largest absolute Gasteiger partial charge is 0.449 e. The zero-order valence-electron chi connectivity index (χ0n) is 14.4. The zero-order chi connectivity index (χ0) is 17.4. The minimum atomic E-state index is -0.647. The summed E-state index contributed by atoms with van der Waals surface area (Å²) in [4.78, 5) is 24.6. The van der Waals surface area contributed by atoms with E-state index in [4.69, 9.17) is 9.47 Å². The van der Waals surface area contributed by atoms with Crippen LogP contribution in [0.2, 0.25) is 0 Å². The van der Waals surface area contributed by atoms with Crippen LogP contribution in [0.1, 0.15) is 51.5 Å². The third kappa shape index (κ3) is 3.99. The maximum Gasteiger partial charge on any atom is 0.429 e. The first kappa shape index (κ1) is 18.1. The lowest BCUT2D eigenvalue weighted by Gasteiger charge is -2.45. The number of rotatable bonds is 4. The first-order valence-corrected chi connectivity index (χ1v) is 8.60. The minimum absolute atomic E-state index is 0.237. The van der Waals surface area contributed by atoms with Gasteiger partial charge in [0.15, 0.2) is 0 Å². The molecular formula is C18H26N2O4. The lowest BCUT2D eigenvalue weighted by atomic mass is 9.76. The van der Waals surface area contributed by atoms with E-state index < -0.39 is 17.7 Å². The summed E-state index contributed by atoms with van der Waals surface area (Å²) in [5.41, 5.74) is 2.99. The normalized spacial score (nSPS) is 16.1. The van der Waals surface area contributed by atoms with Gasteiger partial charge in [0.2, 0.25) is 0 Å². The van der Waals surface area contributed by atoms with Gasteiger partial charge in [-0.05, 0) is 32.3 Å². The van der Waals surface area contributed by atoms with Gasteiger partial charge in [-0.3, -0.25) is 0 Å². The average molecular weight is 334 g/mol. The Labute approximate surface area is 143 Å². The molecule has 132 valence electrons. The first-order valence-electron chi connectivity index (χ1n) is 8.60. The highest BCUT2D eigenvalue weighted by Crippen LogP contribution is 2.41. The van der Waals surface area contributed by atoms with Crippen molar-refractivity contribution in [2.75, 3.05) is 13.2 Å². The molecule has 0 heterocycles. The van der Waals surface area contributed by atoms with Crippen LogP contribution in [-0.4, -0.2) is 30.4 Å². The van der Waals surface area contributed by atoms with Crippen LogP contribution < -0.4 is 5.43 Å². The van der Waals surface area contributed by atoms with E-state index in [0.717, 1.165) is 37.7 Å². The van der Waals surface area contributed by atoms with E-state index in [1.165, 1.54) is 5.01 Å². The predicted molar refractivity (Wildman–Crippen MR) is 90.2 cm³/mol. The summed E-state index contributed by atoms with van der Waals surface area (Å²) < 4.78 is 10.2. The van der Waals surface area contributed by atoms with Crippen molar-refractivity contribution in [1.82, 2.24) is 10.4 Å². The quantitative estimate of drug-likeness (QED) is 0.846. The molecule has 0 bridgehead atoms. The number of benzene rings is 1. The molecule has 0 spiro atoms.